The van der Waals surface area contributed by atoms with Crippen LogP contribution in [0.15, 0.2) is 97.2 Å². The van der Waals surface area contributed by atoms with E-state index < -0.39 is 6.10 Å². The van der Waals surface area contributed by atoms with Gasteiger partial charge in [0, 0.05) is 19.3 Å². The molecule has 0 aliphatic rings. The molecule has 0 aromatic heterocycles. The number of esters is 3. The summed E-state index contributed by atoms with van der Waals surface area (Å²) >= 11 is 0. The minimum atomic E-state index is -0.783. The molecular weight excluding hydrogens is 925 g/mol. The fourth-order valence-electron chi connectivity index (χ4n) is 8.78. The van der Waals surface area contributed by atoms with E-state index >= 15 is 0 Å². The average Bonchev–Trinajstić information content (AvgIpc) is 3.41. The Morgan fingerprint density at radius 3 is 0.867 bits per heavy atom. The zero-order valence-electron chi connectivity index (χ0n) is 49.3. The molecule has 0 saturated carbocycles. The average molecular weight is 1040 g/mol. The smallest absolute Gasteiger partial charge is 0.306 e. The van der Waals surface area contributed by atoms with Gasteiger partial charge in [-0.25, -0.2) is 0 Å². The van der Waals surface area contributed by atoms with Crippen LogP contribution in [-0.4, -0.2) is 37.2 Å². The van der Waals surface area contributed by atoms with E-state index in [1.54, 1.807) is 0 Å². The fourth-order valence-corrected chi connectivity index (χ4v) is 8.78. The second-order valence-corrected chi connectivity index (χ2v) is 20.9. The Morgan fingerprint density at radius 2 is 0.533 bits per heavy atom. The molecule has 0 radical (unpaired) electrons. The van der Waals surface area contributed by atoms with Crippen molar-refractivity contribution in [1.29, 1.82) is 0 Å². The Morgan fingerprint density at radius 1 is 0.280 bits per heavy atom. The first kappa shape index (κ1) is 71.3. The van der Waals surface area contributed by atoms with Gasteiger partial charge >= 0.3 is 17.9 Å². The number of ether oxygens (including phenoxy) is 3. The number of carbonyl (C=O) groups is 3. The molecule has 0 saturated heterocycles. The Kier molecular flexibility index (Phi) is 59.8. The summed E-state index contributed by atoms with van der Waals surface area (Å²) in [5, 5.41) is 0. The molecule has 1 atom stereocenters. The molecule has 0 aliphatic carbocycles. The molecule has 0 rings (SSSR count). The molecule has 0 heterocycles. The summed E-state index contributed by atoms with van der Waals surface area (Å²) in [6.45, 7) is 6.47. The summed E-state index contributed by atoms with van der Waals surface area (Å²) < 4.78 is 16.9. The zero-order valence-corrected chi connectivity index (χ0v) is 49.3. The molecule has 0 aromatic rings. The van der Waals surface area contributed by atoms with Crippen molar-refractivity contribution >= 4 is 17.9 Å². The van der Waals surface area contributed by atoms with Crippen molar-refractivity contribution in [3.63, 3.8) is 0 Å². The Bertz CT molecular complexity index is 1480. The third-order valence-corrected chi connectivity index (χ3v) is 13.5. The third-order valence-electron chi connectivity index (χ3n) is 13.5. The predicted octanol–water partition coefficient (Wildman–Crippen LogP) is 21.7. The number of unbranched alkanes of at least 4 members (excludes halogenated alkanes) is 30. The largest absolute Gasteiger partial charge is 0.462 e. The molecule has 430 valence electrons. The van der Waals surface area contributed by atoms with Crippen LogP contribution < -0.4 is 0 Å². The number of carbonyl (C=O) groups excluding carboxylic acids is 3. The summed E-state index contributed by atoms with van der Waals surface area (Å²) in [6, 6.07) is 0. The topological polar surface area (TPSA) is 78.9 Å². The van der Waals surface area contributed by atoms with Gasteiger partial charge in [-0.05, 0) is 116 Å². The maximum atomic E-state index is 12.8. The normalized spacial score (nSPS) is 12.7. The van der Waals surface area contributed by atoms with Crippen molar-refractivity contribution in [3.8, 4) is 0 Å². The van der Waals surface area contributed by atoms with E-state index in [2.05, 4.69) is 118 Å². The van der Waals surface area contributed by atoms with Crippen molar-refractivity contribution < 1.29 is 28.6 Å². The second-order valence-electron chi connectivity index (χ2n) is 20.9. The van der Waals surface area contributed by atoms with E-state index in [4.69, 9.17) is 14.2 Å². The van der Waals surface area contributed by atoms with Gasteiger partial charge in [0.2, 0.25) is 0 Å². The Balaban J connectivity index is 4.12. The van der Waals surface area contributed by atoms with E-state index in [1.807, 2.05) is 0 Å². The zero-order chi connectivity index (χ0) is 54.3. The summed E-state index contributed by atoms with van der Waals surface area (Å²) in [5.74, 6) is -0.894. The summed E-state index contributed by atoms with van der Waals surface area (Å²) in [4.78, 5) is 38.1. The van der Waals surface area contributed by atoms with Crippen molar-refractivity contribution in [1.82, 2.24) is 0 Å². The van der Waals surface area contributed by atoms with Gasteiger partial charge in [-0.3, -0.25) is 14.4 Å². The Hall–Kier alpha value is -3.67. The van der Waals surface area contributed by atoms with Crippen LogP contribution in [0.1, 0.15) is 303 Å². The summed E-state index contributed by atoms with van der Waals surface area (Å²) in [7, 11) is 0. The van der Waals surface area contributed by atoms with E-state index in [1.165, 1.54) is 148 Å². The van der Waals surface area contributed by atoms with Gasteiger partial charge in [0.25, 0.3) is 0 Å². The highest BCUT2D eigenvalue weighted by Crippen LogP contribution is 2.16. The third kappa shape index (κ3) is 61.1. The first-order chi connectivity index (χ1) is 37.0. The lowest BCUT2D eigenvalue weighted by Crippen LogP contribution is -2.30. The van der Waals surface area contributed by atoms with E-state index in [0.717, 1.165) is 116 Å². The molecule has 0 fully saturated rings. The molecule has 0 bridgehead atoms. The van der Waals surface area contributed by atoms with Crippen molar-refractivity contribution in [2.45, 2.75) is 309 Å². The van der Waals surface area contributed by atoms with Crippen molar-refractivity contribution in [2.75, 3.05) is 13.2 Å². The molecule has 0 N–H and O–H groups in total. The highest BCUT2D eigenvalue weighted by atomic mass is 16.6. The molecule has 6 nitrogen and oxygen atoms in total. The number of allylic oxidation sites excluding steroid dienone is 16. The quantitative estimate of drug-likeness (QED) is 0.0261. The maximum Gasteiger partial charge on any atom is 0.306 e. The molecule has 6 heteroatoms. The fraction of sp³-hybridized carbons (Fsp3) is 0.725. The second kappa shape index (κ2) is 62.9. The van der Waals surface area contributed by atoms with Gasteiger partial charge in [0.15, 0.2) is 6.10 Å². The first-order valence-corrected chi connectivity index (χ1v) is 31.7. The lowest BCUT2D eigenvalue weighted by molar-refractivity contribution is -0.167. The minimum absolute atomic E-state index is 0.0814. The lowest BCUT2D eigenvalue weighted by Gasteiger charge is -2.18. The van der Waals surface area contributed by atoms with Gasteiger partial charge in [-0.15, -0.1) is 0 Å². The minimum Gasteiger partial charge on any atom is -0.462 e. The van der Waals surface area contributed by atoms with Crippen molar-refractivity contribution in [2.24, 2.45) is 0 Å². The molecular formula is C69H118O6. The molecule has 75 heavy (non-hydrogen) atoms. The van der Waals surface area contributed by atoms with E-state index in [0.29, 0.717) is 19.3 Å². The van der Waals surface area contributed by atoms with Crippen LogP contribution in [0.25, 0.3) is 0 Å². The summed E-state index contributed by atoms with van der Waals surface area (Å²) in [5.41, 5.74) is 0. The van der Waals surface area contributed by atoms with Gasteiger partial charge < -0.3 is 14.2 Å². The van der Waals surface area contributed by atoms with Gasteiger partial charge in [0.05, 0.1) is 0 Å². The van der Waals surface area contributed by atoms with Crippen molar-refractivity contribution in [3.05, 3.63) is 97.2 Å². The molecule has 1 unspecified atom stereocenters. The Labute approximate surface area is 464 Å². The van der Waals surface area contributed by atoms with Crippen LogP contribution in [-0.2, 0) is 28.6 Å². The van der Waals surface area contributed by atoms with E-state index in [9.17, 15) is 14.4 Å². The predicted molar refractivity (Wildman–Crippen MR) is 325 cm³/mol. The van der Waals surface area contributed by atoms with Gasteiger partial charge in [-0.2, -0.15) is 0 Å². The number of hydrogen-bond acceptors (Lipinski definition) is 6. The van der Waals surface area contributed by atoms with Crippen LogP contribution in [0.5, 0.6) is 0 Å². The first-order valence-electron chi connectivity index (χ1n) is 31.7. The monoisotopic (exact) mass is 1040 g/mol. The molecule has 0 aliphatic heterocycles. The SMILES string of the molecule is CC/C=C\C/C=C\C/C=C\C/C=C\C/C=C\C/C=C\CCCCCCCCCCCCCCCCC(=O)OCC(COC(=O)CCCCCCC/C=C\CCCC)OC(=O)CCCCCCC/C=C\CCCCCC. The maximum absolute atomic E-state index is 12.8. The standard InChI is InChI=1S/C69H118O6/c1-4-7-10-13-16-19-22-24-25-26-27-28-29-30-31-32-33-34-35-36-37-38-39-40-41-42-43-45-47-50-53-56-59-62-68(71)74-65-66(64-73-67(70)61-58-55-52-49-46-21-18-15-12-9-6-3)75-69(72)63-60-57-54-51-48-44-23-20-17-14-11-8-5-2/h7,10,15-16,18-20,23-25,27-28,30-31,33-34,66H,4-6,8-9,11-14,17,21-22,26,29,32,35-65H2,1-3H3/b10-7-,18-15-,19-16-,23-20-,25-24-,28-27-,31-30-,34-33-. The van der Waals surface area contributed by atoms with Crippen LogP contribution in [0, 0.1) is 0 Å². The summed E-state index contributed by atoms with van der Waals surface area (Å²) in [6.07, 6.45) is 84.3. The van der Waals surface area contributed by atoms with E-state index in [-0.39, 0.29) is 31.1 Å². The van der Waals surface area contributed by atoms with Gasteiger partial charge in [-0.1, -0.05) is 266 Å². The van der Waals surface area contributed by atoms with Crippen LogP contribution >= 0.6 is 0 Å². The van der Waals surface area contributed by atoms with Crippen LogP contribution in [0.3, 0.4) is 0 Å². The highest BCUT2D eigenvalue weighted by molar-refractivity contribution is 5.71. The molecule has 0 aromatic carbocycles. The molecule has 0 amide bonds. The highest BCUT2D eigenvalue weighted by Gasteiger charge is 2.19. The van der Waals surface area contributed by atoms with Crippen LogP contribution in [0.4, 0.5) is 0 Å². The molecule has 0 spiro atoms. The van der Waals surface area contributed by atoms with Crippen LogP contribution in [0.2, 0.25) is 0 Å². The van der Waals surface area contributed by atoms with Gasteiger partial charge in [0.1, 0.15) is 13.2 Å². The number of hydrogen-bond donors (Lipinski definition) is 0. The lowest BCUT2D eigenvalue weighted by atomic mass is 10.0. The number of rotatable bonds is 57.